The Hall–Kier alpha value is -1.76. The van der Waals surface area contributed by atoms with Crippen LogP contribution in [0.15, 0.2) is 11.3 Å². The Morgan fingerprint density at radius 1 is 1.18 bits per heavy atom. The molecule has 0 radical (unpaired) electrons. The van der Waals surface area contributed by atoms with E-state index in [1.165, 1.54) is 0 Å². The summed E-state index contributed by atoms with van der Waals surface area (Å²) in [5, 5.41) is 5.23. The molecule has 0 aromatic heterocycles. The molecular weight excluding hydrogens is 384 g/mol. The van der Waals surface area contributed by atoms with E-state index in [1.807, 2.05) is 0 Å². The fourth-order valence-corrected chi connectivity index (χ4v) is 6.77. The number of hydrogen-bond acceptors (Lipinski definition) is 5. The number of carbonyl (C=O) groups excluding carboxylic acids is 3. The van der Waals surface area contributed by atoms with Gasteiger partial charge >= 0.3 is 18.0 Å². The standard InChI is InChI=1S/C20H27ClN2O5/c1-3-27-16(24)15-11(2)22-18(26)23-14(15)9-28-17(25)19-5-12-4-13(6-19)8-20(21,7-12)10-19/h11-13H,3-10H2,1-2H3,(H2,22,23,26)/t11-,12-,13-,19?,20?/m0/s1. The molecule has 1 aliphatic heterocycles. The lowest BCUT2D eigenvalue weighted by atomic mass is 9.49. The second-order valence-corrected chi connectivity index (χ2v) is 9.70. The van der Waals surface area contributed by atoms with Crippen molar-refractivity contribution in [2.24, 2.45) is 17.3 Å². The first kappa shape index (κ1) is 19.6. The predicted octanol–water partition coefficient (Wildman–Crippen LogP) is 2.63. The minimum Gasteiger partial charge on any atom is -0.463 e. The Bertz CT molecular complexity index is 735. The molecule has 0 aromatic carbocycles. The molecule has 0 saturated heterocycles. The third kappa shape index (κ3) is 3.38. The van der Waals surface area contributed by atoms with Crippen LogP contribution in [0.25, 0.3) is 0 Å². The molecule has 28 heavy (non-hydrogen) atoms. The molecule has 4 aliphatic carbocycles. The van der Waals surface area contributed by atoms with Crippen LogP contribution in [-0.4, -0.2) is 42.1 Å². The molecule has 2 amide bonds. The lowest BCUT2D eigenvalue weighted by Crippen LogP contribution is -2.56. The van der Waals surface area contributed by atoms with Gasteiger partial charge in [-0.05, 0) is 64.2 Å². The van der Waals surface area contributed by atoms with Gasteiger partial charge < -0.3 is 20.1 Å². The minimum atomic E-state index is -0.529. The monoisotopic (exact) mass is 410 g/mol. The summed E-state index contributed by atoms with van der Waals surface area (Å²) in [6, 6.07) is -0.951. The first-order valence-electron chi connectivity index (χ1n) is 10.1. The molecule has 4 bridgehead atoms. The predicted molar refractivity (Wildman–Crippen MR) is 101 cm³/mol. The molecule has 7 nitrogen and oxygen atoms in total. The van der Waals surface area contributed by atoms with E-state index < -0.39 is 23.5 Å². The largest absolute Gasteiger partial charge is 0.463 e. The van der Waals surface area contributed by atoms with Gasteiger partial charge in [0.25, 0.3) is 0 Å². The number of urea groups is 1. The highest BCUT2D eigenvalue weighted by Crippen LogP contribution is 2.64. The first-order chi connectivity index (χ1) is 13.2. The van der Waals surface area contributed by atoms with Crippen molar-refractivity contribution in [3.63, 3.8) is 0 Å². The number of hydrogen-bond donors (Lipinski definition) is 2. The lowest BCUT2D eigenvalue weighted by molar-refractivity contribution is -0.169. The van der Waals surface area contributed by atoms with E-state index in [2.05, 4.69) is 10.6 Å². The van der Waals surface area contributed by atoms with E-state index in [0.29, 0.717) is 18.3 Å². The zero-order chi connectivity index (χ0) is 20.1. The Morgan fingerprint density at radius 2 is 1.86 bits per heavy atom. The maximum absolute atomic E-state index is 13.1. The average molecular weight is 411 g/mol. The summed E-state index contributed by atoms with van der Waals surface area (Å²) in [6.45, 7) is 3.48. The van der Waals surface area contributed by atoms with Gasteiger partial charge in [-0.15, -0.1) is 11.6 Å². The Kier molecular flexibility index (Phi) is 4.84. The molecular formula is C20H27ClN2O5. The highest BCUT2D eigenvalue weighted by molar-refractivity contribution is 6.24. The van der Waals surface area contributed by atoms with Gasteiger partial charge in [-0.2, -0.15) is 0 Å². The van der Waals surface area contributed by atoms with Crippen molar-refractivity contribution in [2.75, 3.05) is 13.2 Å². The van der Waals surface area contributed by atoms with Crippen molar-refractivity contribution < 1.29 is 23.9 Å². The second kappa shape index (κ2) is 6.94. The molecule has 0 unspecified atom stereocenters. The molecule has 2 N–H and O–H groups in total. The van der Waals surface area contributed by atoms with Crippen molar-refractivity contribution >= 4 is 29.6 Å². The summed E-state index contributed by atoms with van der Waals surface area (Å²) in [7, 11) is 0. The van der Waals surface area contributed by atoms with E-state index in [0.717, 1.165) is 32.1 Å². The summed E-state index contributed by atoms with van der Waals surface area (Å²) < 4.78 is 10.8. The number of alkyl halides is 1. The van der Waals surface area contributed by atoms with E-state index >= 15 is 0 Å². The number of halogens is 1. The van der Waals surface area contributed by atoms with E-state index in [4.69, 9.17) is 21.1 Å². The van der Waals surface area contributed by atoms with Crippen LogP contribution in [0.3, 0.4) is 0 Å². The zero-order valence-corrected chi connectivity index (χ0v) is 17.1. The highest BCUT2D eigenvalue weighted by atomic mass is 35.5. The summed E-state index contributed by atoms with van der Waals surface area (Å²) in [5.74, 6) is 0.185. The molecule has 5 rings (SSSR count). The van der Waals surface area contributed by atoms with E-state index in [9.17, 15) is 14.4 Å². The van der Waals surface area contributed by atoms with Crippen LogP contribution in [-0.2, 0) is 19.1 Å². The summed E-state index contributed by atoms with van der Waals surface area (Å²) in [4.78, 5) is 37.0. The van der Waals surface area contributed by atoms with Gasteiger partial charge in [0.2, 0.25) is 0 Å². The molecule has 5 aliphatic rings. The summed E-state index contributed by atoms with van der Waals surface area (Å²) in [5.41, 5.74) is 0.0425. The number of carbonyl (C=O) groups is 3. The second-order valence-electron chi connectivity index (χ2n) is 8.90. The number of esters is 2. The number of amides is 2. The molecule has 4 fully saturated rings. The maximum Gasteiger partial charge on any atom is 0.338 e. The fraction of sp³-hybridized carbons (Fsp3) is 0.750. The van der Waals surface area contributed by atoms with Gasteiger partial charge in [0.15, 0.2) is 0 Å². The average Bonchev–Trinajstić information content (AvgIpc) is 2.57. The van der Waals surface area contributed by atoms with Crippen molar-refractivity contribution in [3.05, 3.63) is 11.3 Å². The molecule has 1 heterocycles. The van der Waals surface area contributed by atoms with Crippen LogP contribution in [0, 0.1) is 17.3 Å². The van der Waals surface area contributed by atoms with E-state index in [-0.39, 0.29) is 35.3 Å². The Labute approximate surface area is 169 Å². The van der Waals surface area contributed by atoms with Crippen molar-refractivity contribution in [2.45, 2.75) is 63.3 Å². The van der Waals surface area contributed by atoms with Crippen LogP contribution < -0.4 is 10.6 Å². The topological polar surface area (TPSA) is 93.7 Å². The van der Waals surface area contributed by atoms with Crippen molar-refractivity contribution in [3.8, 4) is 0 Å². The molecule has 154 valence electrons. The molecule has 0 aromatic rings. The van der Waals surface area contributed by atoms with Crippen LogP contribution in [0.5, 0.6) is 0 Å². The molecule has 8 heteroatoms. The van der Waals surface area contributed by atoms with Gasteiger partial charge in [-0.25, -0.2) is 9.59 Å². The third-order valence-electron chi connectivity index (χ3n) is 6.64. The van der Waals surface area contributed by atoms with Crippen molar-refractivity contribution in [1.29, 1.82) is 0 Å². The Morgan fingerprint density at radius 3 is 2.46 bits per heavy atom. The molecule has 4 saturated carbocycles. The highest BCUT2D eigenvalue weighted by Gasteiger charge is 2.60. The zero-order valence-electron chi connectivity index (χ0n) is 16.3. The maximum atomic E-state index is 13.1. The van der Waals surface area contributed by atoms with Gasteiger partial charge in [-0.1, -0.05) is 0 Å². The first-order valence-corrected chi connectivity index (χ1v) is 10.5. The molecule has 0 spiro atoms. The number of rotatable bonds is 5. The Balaban J connectivity index is 1.51. The molecule has 3 atom stereocenters. The SMILES string of the molecule is CCOC(=O)C1=C(COC(=O)C23C[C@@H]4C[C@H](CC(Cl)(C4)C2)C3)NC(=O)N[C@H]1C. The van der Waals surface area contributed by atoms with Crippen LogP contribution >= 0.6 is 11.6 Å². The quantitative estimate of drug-likeness (QED) is 0.536. The summed E-state index contributed by atoms with van der Waals surface area (Å²) in [6.07, 6.45) is 5.42. The summed E-state index contributed by atoms with van der Waals surface area (Å²) >= 11 is 6.81. The number of ether oxygens (including phenoxy) is 2. The third-order valence-corrected chi connectivity index (χ3v) is 7.08. The van der Waals surface area contributed by atoms with Gasteiger partial charge in [0.1, 0.15) is 6.61 Å². The van der Waals surface area contributed by atoms with E-state index in [1.54, 1.807) is 13.8 Å². The number of nitrogens with one attached hydrogen (secondary N) is 2. The van der Waals surface area contributed by atoms with Crippen LogP contribution in [0.1, 0.15) is 52.4 Å². The smallest absolute Gasteiger partial charge is 0.338 e. The van der Waals surface area contributed by atoms with Gasteiger partial charge in [0.05, 0.1) is 29.3 Å². The van der Waals surface area contributed by atoms with Gasteiger partial charge in [-0.3, -0.25) is 4.79 Å². The lowest BCUT2D eigenvalue weighted by Gasteiger charge is -2.58. The van der Waals surface area contributed by atoms with Crippen LogP contribution in [0.4, 0.5) is 4.79 Å². The van der Waals surface area contributed by atoms with Gasteiger partial charge in [0, 0.05) is 4.87 Å². The normalized spacial score (nSPS) is 38.7. The fourth-order valence-electron chi connectivity index (χ4n) is 6.07. The van der Waals surface area contributed by atoms with Crippen molar-refractivity contribution in [1.82, 2.24) is 10.6 Å². The minimum absolute atomic E-state index is 0.156. The van der Waals surface area contributed by atoms with Crippen LogP contribution in [0.2, 0.25) is 0 Å².